The molecule has 0 radical (unpaired) electrons. The second kappa shape index (κ2) is 9.78. The van der Waals surface area contributed by atoms with Crippen LogP contribution in [-0.2, 0) is 20.7 Å². The van der Waals surface area contributed by atoms with Gasteiger partial charge in [-0.25, -0.2) is 0 Å². The fourth-order valence-corrected chi connectivity index (χ4v) is 3.63. The molecule has 7 heteroatoms. The lowest BCUT2D eigenvalue weighted by Gasteiger charge is -2.38. The van der Waals surface area contributed by atoms with Crippen molar-refractivity contribution >= 4 is 29.9 Å². The van der Waals surface area contributed by atoms with Gasteiger partial charge in [-0.2, -0.15) is 0 Å². The van der Waals surface area contributed by atoms with Crippen LogP contribution in [0.3, 0.4) is 0 Å². The number of hydrogen-bond donors (Lipinski definition) is 1. The van der Waals surface area contributed by atoms with E-state index in [1.54, 1.807) is 4.90 Å². The summed E-state index contributed by atoms with van der Waals surface area (Å²) in [5.74, 6) is 0.130. The van der Waals surface area contributed by atoms with E-state index in [4.69, 9.17) is 10.5 Å². The number of para-hydroxylation sites is 1. The van der Waals surface area contributed by atoms with Crippen molar-refractivity contribution in [3.05, 3.63) is 29.8 Å². The number of nitrogens with zero attached hydrogens (tertiary/aromatic N) is 2. The van der Waals surface area contributed by atoms with Gasteiger partial charge in [-0.05, 0) is 37.3 Å². The average Bonchev–Trinajstić information content (AvgIpc) is 2.67. The van der Waals surface area contributed by atoms with Crippen LogP contribution in [0.1, 0.15) is 31.2 Å². The molecule has 6 nitrogen and oxygen atoms in total. The number of morpholine rings is 1. The predicted octanol–water partition coefficient (Wildman–Crippen LogP) is 1.86. The Morgan fingerprint density at radius 1 is 1.12 bits per heavy atom. The highest BCUT2D eigenvalue weighted by atomic mass is 35.5. The van der Waals surface area contributed by atoms with E-state index in [0.29, 0.717) is 45.7 Å². The van der Waals surface area contributed by atoms with Gasteiger partial charge in [0, 0.05) is 31.7 Å². The summed E-state index contributed by atoms with van der Waals surface area (Å²) >= 11 is 0. The van der Waals surface area contributed by atoms with Gasteiger partial charge in [-0.1, -0.05) is 18.2 Å². The molecule has 2 aliphatic rings. The summed E-state index contributed by atoms with van der Waals surface area (Å²) < 4.78 is 5.32. The summed E-state index contributed by atoms with van der Waals surface area (Å²) in [5.41, 5.74) is 7.67. The number of benzene rings is 1. The predicted molar refractivity (Wildman–Crippen MR) is 103 cm³/mol. The Labute approximate surface area is 161 Å². The SMILES string of the molecule is Cl.Nc1ccccc1CCC(=O)N1CCCCC1C(=O)N1CCOCC1. The second-order valence-electron chi connectivity index (χ2n) is 6.74. The second-order valence-corrected chi connectivity index (χ2v) is 6.74. The lowest BCUT2D eigenvalue weighted by atomic mass is 9.99. The van der Waals surface area contributed by atoms with E-state index in [1.807, 2.05) is 29.2 Å². The fraction of sp³-hybridized carbons (Fsp3) is 0.579. The highest BCUT2D eigenvalue weighted by Crippen LogP contribution is 2.22. The van der Waals surface area contributed by atoms with Crippen LogP contribution in [0.4, 0.5) is 5.69 Å². The maximum atomic E-state index is 12.9. The number of ether oxygens (including phenoxy) is 1. The lowest BCUT2D eigenvalue weighted by molar-refractivity contribution is -0.150. The normalized spacial score (nSPS) is 20.4. The summed E-state index contributed by atoms with van der Waals surface area (Å²) in [5, 5.41) is 0. The standard InChI is InChI=1S/C19H27N3O3.ClH/c20-16-6-2-1-5-15(16)8-9-18(23)22-10-4-3-7-17(22)19(24)21-11-13-25-14-12-21;/h1-2,5-6,17H,3-4,7-14,20H2;1H. The molecule has 2 heterocycles. The number of nitrogens with two attached hydrogens (primary N) is 1. The van der Waals surface area contributed by atoms with Crippen LogP contribution in [0.15, 0.2) is 24.3 Å². The largest absolute Gasteiger partial charge is 0.399 e. The number of aryl methyl sites for hydroxylation is 1. The van der Waals surface area contributed by atoms with Gasteiger partial charge in [0.15, 0.2) is 0 Å². The van der Waals surface area contributed by atoms with Crippen LogP contribution >= 0.6 is 12.4 Å². The lowest BCUT2D eigenvalue weighted by Crippen LogP contribution is -2.55. The van der Waals surface area contributed by atoms with Crippen molar-refractivity contribution in [3.63, 3.8) is 0 Å². The number of likely N-dealkylation sites (tertiary alicyclic amines) is 1. The number of piperidine rings is 1. The van der Waals surface area contributed by atoms with Crippen molar-refractivity contribution in [2.45, 2.75) is 38.1 Å². The molecule has 26 heavy (non-hydrogen) atoms. The fourth-order valence-electron chi connectivity index (χ4n) is 3.63. The van der Waals surface area contributed by atoms with E-state index in [-0.39, 0.29) is 30.3 Å². The molecule has 0 aliphatic carbocycles. The minimum atomic E-state index is -0.313. The maximum absolute atomic E-state index is 12.9. The molecular formula is C19H28ClN3O3. The number of nitrogen functional groups attached to an aromatic ring is 1. The first-order chi connectivity index (χ1) is 12.2. The van der Waals surface area contributed by atoms with Gasteiger partial charge in [0.1, 0.15) is 6.04 Å². The molecular weight excluding hydrogens is 354 g/mol. The van der Waals surface area contributed by atoms with Gasteiger partial charge >= 0.3 is 0 Å². The van der Waals surface area contributed by atoms with Crippen LogP contribution < -0.4 is 5.73 Å². The van der Waals surface area contributed by atoms with Crippen LogP contribution in [-0.4, -0.2) is 60.5 Å². The summed E-state index contributed by atoms with van der Waals surface area (Å²) in [4.78, 5) is 29.3. The molecule has 2 fully saturated rings. The van der Waals surface area contributed by atoms with Crippen molar-refractivity contribution in [2.24, 2.45) is 0 Å². The van der Waals surface area contributed by atoms with Crippen molar-refractivity contribution in [1.82, 2.24) is 9.80 Å². The molecule has 2 saturated heterocycles. The third-order valence-corrected chi connectivity index (χ3v) is 5.09. The summed E-state index contributed by atoms with van der Waals surface area (Å²) in [6.07, 6.45) is 3.72. The molecule has 2 aliphatic heterocycles. The van der Waals surface area contributed by atoms with Gasteiger partial charge in [-0.3, -0.25) is 9.59 Å². The minimum absolute atomic E-state index is 0. The topological polar surface area (TPSA) is 75.9 Å². The van der Waals surface area contributed by atoms with Crippen LogP contribution in [0.5, 0.6) is 0 Å². The molecule has 0 spiro atoms. The Balaban J connectivity index is 0.00000243. The molecule has 0 saturated carbocycles. The summed E-state index contributed by atoms with van der Waals surface area (Å²) in [6, 6.07) is 7.32. The highest BCUT2D eigenvalue weighted by Gasteiger charge is 2.34. The molecule has 1 aromatic carbocycles. The molecule has 3 rings (SSSR count). The molecule has 0 bridgehead atoms. The summed E-state index contributed by atoms with van der Waals surface area (Å²) in [7, 11) is 0. The van der Waals surface area contributed by atoms with Gasteiger partial charge in [0.2, 0.25) is 11.8 Å². The Morgan fingerprint density at radius 3 is 2.58 bits per heavy atom. The molecule has 0 aromatic heterocycles. The molecule has 144 valence electrons. The van der Waals surface area contributed by atoms with Crippen LogP contribution in [0, 0.1) is 0 Å². The molecule has 1 aromatic rings. The average molecular weight is 382 g/mol. The third kappa shape index (κ3) is 4.89. The number of amides is 2. The van der Waals surface area contributed by atoms with E-state index in [2.05, 4.69) is 0 Å². The Kier molecular flexibility index (Phi) is 7.72. The number of carbonyl (C=O) groups excluding carboxylic acids is 2. The van der Waals surface area contributed by atoms with E-state index in [0.717, 1.165) is 30.5 Å². The van der Waals surface area contributed by atoms with Gasteiger partial charge in [0.05, 0.1) is 13.2 Å². The van der Waals surface area contributed by atoms with Crippen molar-refractivity contribution in [3.8, 4) is 0 Å². The third-order valence-electron chi connectivity index (χ3n) is 5.09. The maximum Gasteiger partial charge on any atom is 0.245 e. The number of hydrogen-bond acceptors (Lipinski definition) is 4. The van der Waals surface area contributed by atoms with Gasteiger partial charge in [0.25, 0.3) is 0 Å². The monoisotopic (exact) mass is 381 g/mol. The van der Waals surface area contributed by atoms with Crippen LogP contribution in [0.25, 0.3) is 0 Å². The van der Waals surface area contributed by atoms with Crippen molar-refractivity contribution in [2.75, 3.05) is 38.6 Å². The number of halogens is 1. The minimum Gasteiger partial charge on any atom is -0.399 e. The van der Waals surface area contributed by atoms with E-state index < -0.39 is 0 Å². The first kappa shape index (κ1) is 20.5. The zero-order chi connectivity index (χ0) is 17.6. The highest BCUT2D eigenvalue weighted by molar-refractivity contribution is 5.88. The molecule has 1 unspecified atom stereocenters. The first-order valence-electron chi connectivity index (χ1n) is 9.16. The number of anilines is 1. The quantitative estimate of drug-likeness (QED) is 0.808. The smallest absolute Gasteiger partial charge is 0.245 e. The molecule has 2 N–H and O–H groups in total. The summed E-state index contributed by atoms with van der Waals surface area (Å²) in [6.45, 7) is 3.08. The zero-order valence-electron chi connectivity index (χ0n) is 15.1. The number of carbonyl (C=O) groups is 2. The Bertz CT molecular complexity index is 620. The van der Waals surface area contributed by atoms with E-state index in [1.165, 1.54) is 0 Å². The van der Waals surface area contributed by atoms with E-state index in [9.17, 15) is 9.59 Å². The number of rotatable bonds is 4. The van der Waals surface area contributed by atoms with Gasteiger partial charge < -0.3 is 20.3 Å². The molecule has 2 amide bonds. The zero-order valence-corrected chi connectivity index (χ0v) is 15.9. The van der Waals surface area contributed by atoms with Gasteiger partial charge in [-0.15, -0.1) is 12.4 Å². The van der Waals surface area contributed by atoms with Crippen molar-refractivity contribution in [1.29, 1.82) is 0 Å². The van der Waals surface area contributed by atoms with Crippen LogP contribution in [0.2, 0.25) is 0 Å². The first-order valence-corrected chi connectivity index (χ1v) is 9.16. The molecule has 1 atom stereocenters. The van der Waals surface area contributed by atoms with Crippen molar-refractivity contribution < 1.29 is 14.3 Å². The Morgan fingerprint density at radius 2 is 1.85 bits per heavy atom. The van der Waals surface area contributed by atoms with E-state index >= 15 is 0 Å². The Hall–Kier alpha value is -1.79.